The van der Waals surface area contributed by atoms with Gasteiger partial charge in [-0.25, -0.2) is 9.50 Å². The number of imidazole rings is 1. The molecule has 0 fully saturated rings. The zero-order valence-corrected chi connectivity index (χ0v) is 7.54. The van der Waals surface area contributed by atoms with Crippen molar-refractivity contribution in [1.82, 2.24) is 14.6 Å². The van der Waals surface area contributed by atoms with Crippen LogP contribution >= 0.6 is 15.9 Å². The van der Waals surface area contributed by atoms with Crippen LogP contribution < -0.4 is 0 Å². The van der Waals surface area contributed by atoms with Crippen LogP contribution in [0.15, 0.2) is 23.1 Å². The zero-order chi connectivity index (χ0) is 7.84. The van der Waals surface area contributed by atoms with E-state index in [-0.39, 0.29) is 0 Å². The van der Waals surface area contributed by atoms with E-state index in [4.69, 9.17) is 0 Å². The first-order valence-electron chi connectivity index (χ1n) is 3.23. The molecule has 0 bridgehead atoms. The Bertz CT molecular complexity index is 393. The van der Waals surface area contributed by atoms with Crippen molar-refractivity contribution in [2.24, 2.45) is 0 Å². The van der Waals surface area contributed by atoms with E-state index >= 15 is 0 Å². The molecule has 0 aromatic carbocycles. The van der Waals surface area contributed by atoms with Crippen LogP contribution in [0.25, 0.3) is 5.65 Å². The first kappa shape index (κ1) is 6.79. The highest BCUT2D eigenvalue weighted by Gasteiger charge is 1.99. The van der Waals surface area contributed by atoms with Crippen LogP contribution in [0.5, 0.6) is 0 Å². The van der Waals surface area contributed by atoms with Crippen molar-refractivity contribution in [3.63, 3.8) is 0 Å². The fourth-order valence-corrected chi connectivity index (χ4v) is 1.32. The third kappa shape index (κ3) is 1.03. The monoisotopic (exact) mass is 211 g/mol. The van der Waals surface area contributed by atoms with Gasteiger partial charge in [-0.05, 0) is 34.5 Å². The highest BCUT2D eigenvalue weighted by molar-refractivity contribution is 9.10. The van der Waals surface area contributed by atoms with Gasteiger partial charge in [0.25, 0.3) is 0 Å². The Labute approximate surface area is 72.2 Å². The maximum atomic E-state index is 4.15. The van der Waals surface area contributed by atoms with Crippen LogP contribution in [-0.2, 0) is 0 Å². The molecule has 0 aliphatic rings. The lowest BCUT2D eigenvalue weighted by Gasteiger charge is -1.93. The number of aryl methyl sites for hydroxylation is 1. The highest BCUT2D eigenvalue weighted by atomic mass is 79.9. The summed E-state index contributed by atoms with van der Waals surface area (Å²) in [7, 11) is 0. The predicted molar refractivity (Wildman–Crippen MR) is 45.4 cm³/mol. The van der Waals surface area contributed by atoms with Crippen molar-refractivity contribution >= 4 is 21.6 Å². The molecule has 3 nitrogen and oxygen atoms in total. The number of fused-ring (bicyclic) bond motifs is 1. The van der Waals surface area contributed by atoms with Crippen LogP contribution in [0.4, 0.5) is 0 Å². The minimum absolute atomic E-state index is 0.872. The Kier molecular flexibility index (Phi) is 1.42. The molecule has 2 rings (SSSR count). The summed E-state index contributed by atoms with van der Waals surface area (Å²) in [6.07, 6.45) is 3.54. The molecule has 0 amide bonds. The Balaban J connectivity index is 2.86. The number of aromatic nitrogens is 3. The average molecular weight is 212 g/mol. The molecule has 0 saturated heterocycles. The van der Waals surface area contributed by atoms with E-state index in [1.165, 1.54) is 0 Å². The van der Waals surface area contributed by atoms with Gasteiger partial charge in [0.2, 0.25) is 0 Å². The second-order valence-electron chi connectivity index (χ2n) is 2.38. The van der Waals surface area contributed by atoms with Crippen LogP contribution in [0.3, 0.4) is 0 Å². The zero-order valence-electron chi connectivity index (χ0n) is 5.95. The minimum atomic E-state index is 0.872. The molecule has 4 heteroatoms. The van der Waals surface area contributed by atoms with Crippen LogP contribution in [0, 0.1) is 6.92 Å². The van der Waals surface area contributed by atoms with Gasteiger partial charge < -0.3 is 0 Å². The first-order valence-corrected chi connectivity index (χ1v) is 4.02. The molecule has 0 unspecified atom stereocenters. The standard InChI is InChI=1S/C7H6BrN3/c1-5-2-7-9-4-6(8)11(7)10-3-5/h2-4H,1H3. The van der Waals surface area contributed by atoms with Gasteiger partial charge in [-0.2, -0.15) is 5.10 Å². The Morgan fingerprint density at radius 3 is 3.09 bits per heavy atom. The molecule has 0 aliphatic carbocycles. The SMILES string of the molecule is Cc1cnn2c(Br)cnc2c1. The normalized spacial score (nSPS) is 10.7. The molecule has 0 saturated carbocycles. The molecule has 2 aromatic rings. The third-order valence-electron chi connectivity index (χ3n) is 1.46. The minimum Gasteiger partial charge on any atom is -0.234 e. The lowest BCUT2D eigenvalue weighted by atomic mass is 10.3. The fraction of sp³-hybridized carbons (Fsp3) is 0.143. The molecule has 2 aromatic heterocycles. The van der Waals surface area contributed by atoms with Gasteiger partial charge in [-0.1, -0.05) is 0 Å². The number of rotatable bonds is 0. The number of halogens is 1. The molecular formula is C7H6BrN3. The van der Waals surface area contributed by atoms with Gasteiger partial charge in [0, 0.05) is 0 Å². The van der Waals surface area contributed by atoms with E-state index in [2.05, 4.69) is 26.0 Å². The van der Waals surface area contributed by atoms with Crippen molar-refractivity contribution in [1.29, 1.82) is 0 Å². The average Bonchev–Trinajstić information content (AvgIpc) is 2.32. The number of hydrogen-bond donors (Lipinski definition) is 0. The van der Waals surface area contributed by atoms with Gasteiger partial charge in [0.1, 0.15) is 4.60 Å². The number of hydrogen-bond acceptors (Lipinski definition) is 2. The Hall–Kier alpha value is -0.900. The Morgan fingerprint density at radius 2 is 2.27 bits per heavy atom. The molecule has 56 valence electrons. The molecular weight excluding hydrogens is 206 g/mol. The van der Waals surface area contributed by atoms with E-state index in [1.807, 2.05) is 13.0 Å². The van der Waals surface area contributed by atoms with Crippen LogP contribution in [0.1, 0.15) is 5.56 Å². The first-order chi connectivity index (χ1) is 5.27. The molecule has 0 aliphatic heterocycles. The topological polar surface area (TPSA) is 30.2 Å². The summed E-state index contributed by atoms with van der Waals surface area (Å²) in [6, 6.07) is 1.98. The third-order valence-corrected chi connectivity index (χ3v) is 2.00. The van der Waals surface area contributed by atoms with Crippen molar-refractivity contribution in [2.75, 3.05) is 0 Å². The number of nitrogens with zero attached hydrogens (tertiary/aromatic N) is 3. The molecule has 0 atom stereocenters. The van der Waals surface area contributed by atoms with E-state index in [0.29, 0.717) is 0 Å². The summed E-state index contributed by atoms with van der Waals surface area (Å²) < 4.78 is 2.62. The second kappa shape index (κ2) is 2.30. The summed E-state index contributed by atoms with van der Waals surface area (Å²) in [5, 5.41) is 4.15. The van der Waals surface area contributed by atoms with Gasteiger partial charge in [0.15, 0.2) is 5.65 Å². The highest BCUT2D eigenvalue weighted by Crippen LogP contribution is 2.11. The second-order valence-corrected chi connectivity index (χ2v) is 3.20. The maximum Gasteiger partial charge on any atom is 0.155 e. The maximum absolute atomic E-state index is 4.15. The van der Waals surface area contributed by atoms with Crippen molar-refractivity contribution in [3.8, 4) is 0 Å². The molecule has 0 spiro atoms. The molecule has 0 N–H and O–H groups in total. The van der Waals surface area contributed by atoms with E-state index in [0.717, 1.165) is 15.8 Å². The molecule has 2 heterocycles. The van der Waals surface area contributed by atoms with Crippen LogP contribution in [0.2, 0.25) is 0 Å². The van der Waals surface area contributed by atoms with Gasteiger partial charge in [0.05, 0.1) is 12.4 Å². The van der Waals surface area contributed by atoms with E-state index in [1.54, 1.807) is 16.9 Å². The van der Waals surface area contributed by atoms with Gasteiger partial charge in [-0.3, -0.25) is 0 Å². The summed E-state index contributed by atoms with van der Waals surface area (Å²) in [5.41, 5.74) is 1.99. The fourth-order valence-electron chi connectivity index (χ4n) is 0.941. The molecule has 0 radical (unpaired) electrons. The summed E-state index contributed by atoms with van der Waals surface area (Å²) in [4.78, 5) is 4.13. The summed E-state index contributed by atoms with van der Waals surface area (Å²) >= 11 is 3.33. The van der Waals surface area contributed by atoms with Crippen molar-refractivity contribution < 1.29 is 0 Å². The predicted octanol–water partition coefficient (Wildman–Crippen LogP) is 1.80. The van der Waals surface area contributed by atoms with Gasteiger partial charge in [-0.15, -0.1) is 0 Å². The smallest absolute Gasteiger partial charge is 0.155 e. The van der Waals surface area contributed by atoms with E-state index in [9.17, 15) is 0 Å². The van der Waals surface area contributed by atoms with Gasteiger partial charge >= 0.3 is 0 Å². The summed E-state index contributed by atoms with van der Waals surface area (Å²) in [5.74, 6) is 0. The lowest BCUT2D eigenvalue weighted by Crippen LogP contribution is -1.91. The quantitative estimate of drug-likeness (QED) is 0.666. The van der Waals surface area contributed by atoms with E-state index < -0.39 is 0 Å². The largest absolute Gasteiger partial charge is 0.234 e. The Morgan fingerprint density at radius 1 is 1.45 bits per heavy atom. The molecule has 11 heavy (non-hydrogen) atoms. The van der Waals surface area contributed by atoms with Crippen molar-refractivity contribution in [3.05, 3.63) is 28.6 Å². The summed E-state index contributed by atoms with van der Waals surface area (Å²) in [6.45, 7) is 2.00. The van der Waals surface area contributed by atoms with Crippen molar-refractivity contribution in [2.45, 2.75) is 6.92 Å². The van der Waals surface area contributed by atoms with Crippen LogP contribution in [-0.4, -0.2) is 14.6 Å². The lowest BCUT2D eigenvalue weighted by molar-refractivity contribution is 0.907.